The van der Waals surface area contributed by atoms with Crippen molar-refractivity contribution in [3.8, 4) is 5.88 Å². The summed E-state index contributed by atoms with van der Waals surface area (Å²) in [7, 11) is 3.27. The molecule has 3 aromatic rings. The molecule has 1 N–H and O–H groups in total. The molecule has 3 heterocycles. The van der Waals surface area contributed by atoms with E-state index in [0.29, 0.717) is 22.2 Å². The molecule has 0 saturated carbocycles. The van der Waals surface area contributed by atoms with E-state index in [-0.39, 0.29) is 5.91 Å². The molecular weight excluding hydrogens is 288 g/mol. The Kier molecular flexibility index (Phi) is 3.34. The summed E-state index contributed by atoms with van der Waals surface area (Å²) in [5.74, 6) is 0.366. The highest BCUT2D eigenvalue weighted by Crippen LogP contribution is 2.23. The van der Waals surface area contributed by atoms with Crippen LogP contribution < -0.4 is 9.64 Å². The zero-order valence-corrected chi connectivity index (χ0v) is 12.7. The number of amides is 1. The average molecular weight is 302 g/mol. The van der Waals surface area contributed by atoms with Crippen LogP contribution in [0.5, 0.6) is 5.88 Å². The van der Waals surface area contributed by atoms with Crippen LogP contribution in [0.3, 0.4) is 0 Å². The van der Waals surface area contributed by atoms with Crippen molar-refractivity contribution in [3.05, 3.63) is 35.0 Å². The SMILES string of the molecule is COc1ccc2[nH]c(C(=O)N(C)c3ncc(C)s3)cc2n1. The van der Waals surface area contributed by atoms with Crippen LogP contribution in [0, 0.1) is 6.92 Å². The second kappa shape index (κ2) is 5.17. The van der Waals surface area contributed by atoms with Crippen LogP contribution in [0.1, 0.15) is 15.4 Å². The number of aryl methyl sites for hydroxylation is 1. The number of anilines is 1. The Balaban J connectivity index is 1.94. The monoisotopic (exact) mass is 302 g/mol. The number of carbonyl (C=O) groups is 1. The Bertz CT molecular complexity index is 808. The first-order valence-corrected chi connectivity index (χ1v) is 7.14. The highest BCUT2D eigenvalue weighted by atomic mass is 32.1. The number of H-pyrrole nitrogens is 1. The molecule has 0 aliphatic rings. The number of nitrogens with zero attached hydrogens (tertiary/aromatic N) is 3. The fourth-order valence-corrected chi connectivity index (χ4v) is 2.70. The molecule has 108 valence electrons. The molecular formula is C14H14N4O2S. The minimum absolute atomic E-state index is 0.152. The molecule has 0 aliphatic carbocycles. The molecule has 0 aromatic carbocycles. The predicted molar refractivity (Wildman–Crippen MR) is 82.2 cm³/mol. The van der Waals surface area contributed by atoms with Crippen LogP contribution in [0.4, 0.5) is 5.13 Å². The van der Waals surface area contributed by atoms with Crippen LogP contribution in [-0.2, 0) is 0 Å². The van der Waals surface area contributed by atoms with Crippen molar-refractivity contribution < 1.29 is 9.53 Å². The lowest BCUT2D eigenvalue weighted by Gasteiger charge is -2.11. The normalized spacial score (nSPS) is 10.8. The summed E-state index contributed by atoms with van der Waals surface area (Å²) < 4.78 is 5.08. The number of aromatic amines is 1. The lowest BCUT2D eigenvalue weighted by atomic mass is 10.3. The summed E-state index contributed by atoms with van der Waals surface area (Å²) in [6.45, 7) is 1.96. The Labute approximate surface area is 125 Å². The van der Waals surface area contributed by atoms with Crippen molar-refractivity contribution in [2.75, 3.05) is 19.1 Å². The molecule has 0 fully saturated rings. The zero-order valence-electron chi connectivity index (χ0n) is 11.9. The summed E-state index contributed by atoms with van der Waals surface area (Å²) in [6, 6.07) is 5.31. The van der Waals surface area contributed by atoms with E-state index >= 15 is 0 Å². The molecule has 1 amide bonds. The molecule has 0 aliphatic heterocycles. The number of thiazole rings is 1. The molecule has 0 spiro atoms. The zero-order chi connectivity index (χ0) is 15.0. The van der Waals surface area contributed by atoms with Gasteiger partial charge in [0.2, 0.25) is 5.88 Å². The Hall–Kier alpha value is -2.41. The molecule has 0 radical (unpaired) electrons. The van der Waals surface area contributed by atoms with Crippen LogP contribution in [-0.4, -0.2) is 35.0 Å². The summed E-state index contributed by atoms with van der Waals surface area (Å²) in [5, 5.41) is 0.668. The Morgan fingerprint density at radius 3 is 2.90 bits per heavy atom. The van der Waals surface area contributed by atoms with E-state index in [2.05, 4.69) is 15.0 Å². The van der Waals surface area contributed by atoms with Crippen LogP contribution in [0.2, 0.25) is 0 Å². The van der Waals surface area contributed by atoms with Gasteiger partial charge in [-0.2, -0.15) is 0 Å². The number of pyridine rings is 1. The maximum absolute atomic E-state index is 12.5. The molecule has 3 aromatic heterocycles. The van der Waals surface area contributed by atoms with Gasteiger partial charge in [0.25, 0.3) is 5.91 Å². The maximum Gasteiger partial charge on any atom is 0.276 e. The minimum atomic E-state index is -0.152. The molecule has 6 nitrogen and oxygen atoms in total. The van der Waals surface area contributed by atoms with Crippen molar-refractivity contribution in [1.29, 1.82) is 0 Å². The Morgan fingerprint density at radius 1 is 1.43 bits per heavy atom. The molecule has 0 bridgehead atoms. The number of methoxy groups -OCH3 is 1. The Morgan fingerprint density at radius 2 is 2.24 bits per heavy atom. The lowest BCUT2D eigenvalue weighted by Crippen LogP contribution is -2.26. The molecule has 7 heteroatoms. The van der Waals surface area contributed by atoms with Gasteiger partial charge in [-0.15, -0.1) is 11.3 Å². The van der Waals surface area contributed by atoms with Crippen molar-refractivity contribution in [2.24, 2.45) is 0 Å². The third-order valence-corrected chi connectivity index (χ3v) is 4.08. The smallest absolute Gasteiger partial charge is 0.276 e. The summed E-state index contributed by atoms with van der Waals surface area (Å²) in [4.78, 5) is 26.7. The number of aromatic nitrogens is 3. The van der Waals surface area contributed by atoms with Crippen LogP contribution in [0.15, 0.2) is 24.4 Å². The van der Waals surface area contributed by atoms with E-state index in [4.69, 9.17) is 4.74 Å². The molecule has 0 atom stereocenters. The number of hydrogen-bond donors (Lipinski definition) is 1. The standard InChI is InChI=1S/C14H14N4O2S/c1-8-7-15-14(21-8)18(2)13(19)11-6-10-9(16-11)4-5-12(17-10)20-3/h4-7,16H,1-3H3. The number of nitrogens with one attached hydrogen (secondary N) is 1. The van der Waals surface area contributed by atoms with Crippen molar-refractivity contribution >= 4 is 33.4 Å². The van der Waals surface area contributed by atoms with Crippen molar-refractivity contribution in [1.82, 2.24) is 15.0 Å². The van der Waals surface area contributed by atoms with Gasteiger partial charge in [-0.1, -0.05) is 0 Å². The summed E-state index contributed by atoms with van der Waals surface area (Å²) in [5.41, 5.74) is 1.96. The topological polar surface area (TPSA) is 71.1 Å². The first-order valence-electron chi connectivity index (χ1n) is 6.32. The van der Waals surface area contributed by atoms with E-state index in [1.54, 1.807) is 32.5 Å². The van der Waals surface area contributed by atoms with Gasteiger partial charge in [0.1, 0.15) is 5.69 Å². The molecule has 0 saturated heterocycles. The summed E-state index contributed by atoms with van der Waals surface area (Å²) in [6.07, 6.45) is 1.75. The highest BCUT2D eigenvalue weighted by molar-refractivity contribution is 7.15. The molecule has 3 rings (SSSR count). The van der Waals surface area contributed by atoms with Crippen LogP contribution >= 0.6 is 11.3 Å². The minimum Gasteiger partial charge on any atom is -0.481 e. The summed E-state index contributed by atoms with van der Waals surface area (Å²) >= 11 is 1.48. The van der Waals surface area contributed by atoms with Crippen molar-refractivity contribution in [3.63, 3.8) is 0 Å². The fraction of sp³-hybridized carbons (Fsp3) is 0.214. The lowest BCUT2D eigenvalue weighted by molar-refractivity contribution is 0.0989. The second-order valence-corrected chi connectivity index (χ2v) is 5.80. The predicted octanol–water partition coefficient (Wildman–Crippen LogP) is 2.61. The van der Waals surface area contributed by atoms with Gasteiger partial charge in [0.05, 0.1) is 18.1 Å². The third kappa shape index (κ3) is 2.47. The van der Waals surface area contributed by atoms with Gasteiger partial charge >= 0.3 is 0 Å². The number of carbonyl (C=O) groups excluding carboxylic acids is 1. The fourth-order valence-electron chi connectivity index (χ4n) is 1.98. The highest BCUT2D eigenvalue weighted by Gasteiger charge is 2.18. The van der Waals surface area contributed by atoms with Gasteiger partial charge in [-0.05, 0) is 19.1 Å². The van der Waals surface area contributed by atoms with Gasteiger partial charge in [0.15, 0.2) is 5.13 Å². The van der Waals surface area contributed by atoms with E-state index in [0.717, 1.165) is 10.4 Å². The van der Waals surface area contributed by atoms with E-state index in [1.807, 2.05) is 13.0 Å². The first kappa shape index (κ1) is 13.6. The molecule has 21 heavy (non-hydrogen) atoms. The number of rotatable bonds is 3. The largest absolute Gasteiger partial charge is 0.481 e. The van der Waals surface area contributed by atoms with E-state index in [9.17, 15) is 4.79 Å². The van der Waals surface area contributed by atoms with Gasteiger partial charge in [0, 0.05) is 24.2 Å². The van der Waals surface area contributed by atoms with E-state index in [1.165, 1.54) is 16.2 Å². The van der Waals surface area contributed by atoms with Crippen molar-refractivity contribution in [2.45, 2.75) is 6.92 Å². The number of fused-ring (bicyclic) bond motifs is 1. The van der Waals surface area contributed by atoms with Gasteiger partial charge in [-0.3, -0.25) is 9.69 Å². The van der Waals surface area contributed by atoms with Gasteiger partial charge in [-0.25, -0.2) is 9.97 Å². The van der Waals surface area contributed by atoms with Crippen LogP contribution in [0.25, 0.3) is 11.0 Å². The second-order valence-electron chi connectivity index (χ2n) is 4.59. The maximum atomic E-state index is 12.5. The quantitative estimate of drug-likeness (QED) is 0.807. The average Bonchev–Trinajstić information content (AvgIpc) is 3.10. The van der Waals surface area contributed by atoms with E-state index < -0.39 is 0 Å². The first-order chi connectivity index (χ1) is 10.1. The number of ether oxygens (including phenoxy) is 1. The number of hydrogen-bond acceptors (Lipinski definition) is 5. The third-order valence-electron chi connectivity index (χ3n) is 3.09. The van der Waals surface area contributed by atoms with Gasteiger partial charge < -0.3 is 9.72 Å². The molecule has 0 unspecified atom stereocenters.